The smallest absolute Gasteiger partial charge is 0.262 e. The lowest BCUT2D eigenvalue weighted by Crippen LogP contribution is -2.52. The van der Waals surface area contributed by atoms with Crippen LogP contribution in [0.3, 0.4) is 0 Å². The van der Waals surface area contributed by atoms with Crippen molar-refractivity contribution in [2.45, 2.75) is 39.2 Å². The quantitative estimate of drug-likeness (QED) is 0.446. The van der Waals surface area contributed by atoms with Crippen LogP contribution in [0.15, 0.2) is 30.3 Å². The molecule has 1 amide bonds. The fourth-order valence-electron chi connectivity index (χ4n) is 2.93. The van der Waals surface area contributed by atoms with Gasteiger partial charge in [-0.25, -0.2) is 4.39 Å². The van der Waals surface area contributed by atoms with Gasteiger partial charge in [-0.1, -0.05) is 38.8 Å². The summed E-state index contributed by atoms with van der Waals surface area (Å²) in [6.45, 7) is 4.48. The molecule has 1 aliphatic rings. The largest absolute Gasteiger partial charge is 0.358 e. The topological polar surface area (TPSA) is 53.2 Å². The van der Waals surface area contributed by atoms with E-state index in [0.29, 0.717) is 28.6 Å². The average Bonchev–Trinajstić information content (AvgIpc) is 2.55. The zero-order valence-corrected chi connectivity index (χ0v) is 14.8. The first kappa shape index (κ1) is 18.4. The molecule has 2 rings (SSSR count). The average molecular weight is 349 g/mol. The van der Waals surface area contributed by atoms with Crippen LogP contribution in [-0.2, 0) is 4.79 Å². The predicted molar refractivity (Wildman–Crippen MR) is 98.4 cm³/mol. The lowest BCUT2D eigenvalue weighted by Gasteiger charge is -2.35. The number of hydrogen-bond acceptors (Lipinski definition) is 2. The van der Waals surface area contributed by atoms with Gasteiger partial charge < -0.3 is 5.32 Å². The molecule has 3 atom stereocenters. The van der Waals surface area contributed by atoms with Gasteiger partial charge in [0.15, 0.2) is 5.11 Å². The number of halogens is 1. The minimum atomic E-state index is -0.353. The number of carbonyl (C=O) groups is 1. The first-order chi connectivity index (χ1) is 11.5. The molecule has 1 aromatic rings. The van der Waals surface area contributed by atoms with Crippen molar-refractivity contribution in [1.82, 2.24) is 16.2 Å². The van der Waals surface area contributed by atoms with Gasteiger partial charge in [0.25, 0.3) is 5.91 Å². The summed E-state index contributed by atoms with van der Waals surface area (Å²) in [6.07, 6.45) is 6.40. The number of rotatable bonds is 3. The highest BCUT2D eigenvalue weighted by Gasteiger charge is 2.27. The van der Waals surface area contributed by atoms with E-state index in [9.17, 15) is 9.18 Å². The van der Waals surface area contributed by atoms with E-state index in [1.54, 1.807) is 18.2 Å². The summed E-state index contributed by atoms with van der Waals surface area (Å²) in [5.74, 6) is 0.523. The van der Waals surface area contributed by atoms with Crippen molar-refractivity contribution < 1.29 is 9.18 Å². The molecule has 0 heterocycles. The monoisotopic (exact) mass is 349 g/mol. The maximum absolute atomic E-state index is 13.1. The van der Waals surface area contributed by atoms with Gasteiger partial charge in [0.2, 0.25) is 0 Å². The van der Waals surface area contributed by atoms with Gasteiger partial charge in [0.1, 0.15) is 5.82 Å². The third-order valence-electron chi connectivity index (χ3n) is 4.60. The third kappa shape index (κ3) is 5.60. The highest BCUT2D eigenvalue weighted by Crippen LogP contribution is 2.29. The Labute approximate surface area is 147 Å². The van der Waals surface area contributed by atoms with Gasteiger partial charge in [-0.05, 0) is 54.2 Å². The summed E-state index contributed by atoms with van der Waals surface area (Å²) in [5.41, 5.74) is 5.84. The Morgan fingerprint density at radius 1 is 1.29 bits per heavy atom. The molecule has 0 unspecified atom stereocenters. The fraction of sp³-hybridized carbons (Fsp3) is 0.444. The Morgan fingerprint density at radius 3 is 2.83 bits per heavy atom. The summed E-state index contributed by atoms with van der Waals surface area (Å²) < 4.78 is 13.1. The summed E-state index contributed by atoms with van der Waals surface area (Å²) in [6, 6.07) is 6.35. The van der Waals surface area contributed by atoms with Gasteiger partial charge in [-0.15, -0.1) is 0 Å². The van der Waals surface area contributed by atoms with Crippen LogP contribution in [0.1, 0.15) is 38.7 Å². The number of amides is 1. The molecule has 0 aliphatic heterocycles. The standard InChI is InChI=1S/C18H24FN3OS/c1-12-5-3-8-16(13(12)2)20-18(24)22-21-17(23)10-9-14-6-4-7-15(19)11-14/h4,6-7,9-13,16H,3,5,8H2,1-2H3,(H,21,23)(H2,20,22,24)/b10-9+/t12-,13-,16+/m1/s1. The number of hydrazine groups is 1. The van der Waals surface area contributed by atoms with E-state index in [0.717, 1.165) is 6.42 Å². The first-order valence-corrected chi connectivity index (χ1v) is 8.66. The van der Waals surface area contributed by atoms with Gasteiger partial charge in [-0.3, -0.25) is 15.6 Å². The van der Waals surface area contributed by atoms with E-state index in [1.165, 1.54) is 31.1 Å². The molecule has 0 bridgehead atoms. The van der Waals surface area contributed by atoms with Crippen LogP contribution >= 0.6 is 12.2 Å². The summed E-state index contributed by atoms with van der Waals surface area (Å²) in [5, 5.41) is 3.68. The first-order valence-electron chi connectivity index (χ1n) is 8.26. The van der Waals surface area contributed by atoms with E-state index >= 15 is 0 Å². The molecule has 1 aliphatic carbocycles. The summed E-state index contributed by atoms with van der Waals surface area (Å²) in [7, 11) is 0. The van der Waals surface area contributed by atoms with Gasteiger partial charge in [-0.2, -0.15) is 0 Å². The molecule has 1 saturated carbocycles. The molecule has 0 aromatic heterocycles. The van der Waals surface area contributed by atoms with Crippen LogP contribution in [0.5, 0.6) is 0 Å². The van der Waals surface area contributed by atoms with Gasteiger partial charge >= 0.3 is 0 Å². The van der Waals surface area contributed by atoms with Crippen LogP contribution in [-0.4, -0.2) is 17.1 Å². The number of nitrogens with one attached hydrogen (secondary N) is 3. The van der Waals surface area contributed by atoms with Gasteiger partial charge in [0, 0.05) is 12.1 Å². The van der Waals surface area contributed by atoms with Crippen molar-refractivity contribution in [3.05, 3.63) is 41.7 Å². The molecule has 6 heteroatoms. The predicted octanol–water partition coefficient (Wildman–Crippen LogP) is 3.16. The van der Waals surface area contributed by atoms with Gasteiger partial charge in [0.05, 0.1) is 0 Å². The molecule has 1 aromatic carbocycles. The van der Waals surface area contributed by atoms with Crippen LogP contribution in [0.4, 0.5) is 4.39 Å². The van der Waals surface area contributed by atoms with Crippen LogP contribution in [0.25, 0.3) is 6.08 Å². The van der Waals surface area contributed by atoms with Crippen molar-refractivity contribution in [1.29, 1.82) is 0 Å². The number of hydrogen-bond donors (Lipinski definition) is 3. The molecule has 3 N–H and O–H groups in total. The van der Waals surface area contributed by atoms with Crippen molar-refractivity contribution in [2.24, 2.45) is 11.8 Å². The number of thiocarbonyl (C=S) groups is 1. The second-order valence-electron chi connectivity index (χ2n) is 6.35. The number of carbonyl (C=O) groups excluding carboxylic acids is 1. The van der Waals surface area contributed by atoms with Crippen LogP contribution in [0.2, 0.25) is 0 Å². The van der Waals surface area contributed by atoms with Crippen molar-refractivity contribution in [3.8, 4) is 0 Å². The molecule has 24 heavy (non-hydrogen) atoms. The minimum absolute atomic E-state index is 0.327. The Bertz CT molecular complexity index is 620. The maximum Gasteiger partial charge on any atom is 0.262 e. The molecule has 0 spiro atoms. The second-order valence-corrected chi connectivity index (χ2v) is 6.76. The minimum Gasteiger partial charge on any atom is -0.358 e. The SMILES string of the molecule is C[C@@H]1[C@H](C)CCC[C@@H]1NC(=S)NNC(=O)/C=C/c1cccc(F)c1. The van der Waals surface area contributed by atoms with E-state index in [-0.39, 0.29) is 11.7 Å². The lowest BCUT2D eigenvalue weighted by atomic mass is 9.78. The third-order valence-corrected chi connectivity index (χ3v) is 4.82. The molecule has 0 radical (unpaired) electrons. The molecular weight excluding hydrogens is 325 g/mol. The molecule has 0 saturated heterocycles. The van der Waals surface area contributed by atoms with Crippen molar-refractivity contribution in [3.63, 3.8) is 0 Å². The molecule has 1 fully saturated rings. The highest BCUT2D eigenvalue weighted by molar-refractivity contribution is 7.80. The van der Waals surface area contributed by atoms with Crippen molar-refractivity contribution >= 4 is 29.3 Å². The van der Waals surface area contributed by atoms with E-state index < -0.39 is 0 Å². The van der Waals surface area contributed by atoms with E-state index in [2.05, 4.69) is 30.0 Å². The Balaban J connectivity index is 1.76. The van der Waals surface area contributed by atoms with Crippen LogP contribution < -0.4 is 16.2 Å². The highest BCUT2D eigenvalue weighted by atomic mass is 32.1. The van der Waals surface area contributed by atoms with Crippen molar-refractivity contribution in [2.75, 3.05) is 0 Å². The zero-order chi connectivity index (χ0) is 17.5. The normalized spacial score (nSPS) is 23.7. The Morgan fingerprint density at radius 2 is 2.08 bits per heavy atom. The number of benzene rings is 1. The summed E-state index contributed by atoms with van der Waals surface area (Å²) >= 11 is 5.23. The van der Waals surface area contributed by atoms with E-state index in [1.807, 2.05) is 0 Å². The molecule has 130 valence electrons. The second kappa shape index (κ2) is 8.78. The molecule has 4 nitrogen and oxygen atoms in total. The summed E-state index contributed by atoms with van der Waals surface area (Å²) in [4.78, 5) is 11.8. The maximum atomic E-state index is 13.1. The fourth-order valence-corrected chi connectivity index (χ4v) is 3.13. The van der Waals surface area contributed by atoms with E-state index in [4.69, 9.17) is 12.2 Å². The Hall–Kier alpha value is -1.95. The zero-order valence-electron chi connectivity index (χ0n) is 14.0. The Kier molecular flexibility index (Phi) is 6.73. The lowest BCUT2D eigenvalue weighted by molar-refractivity contribution is -0.116. The van der Waals surface area contributed by atoms with Crippen LogP contribution in [0, 0.1) is 17.7 Å². The molecular formula is C18H24FN3OS.